The van der Waals surface area contributed by atoms with E-state index in [9.17, 15) is 13.6 Å². The average Bonchev–Trinajstić information content (AvgIpc) is 3.37. The third kappa shape index (κ3) is 4.39. The number of alkyl halides is 2. The van der Waals surface area contributed by atoms with Crippen LogP contribution in [0.15, 0.2) is 36.9 Å². The Bertz CT molecular complexity index is 1130. The summed E-state index contributed by atoms with van der Waals surface area (Å²) in [6.07, 6.45) is 10.3. The third-order valence-electron chi connectivity index (χ3n) is 6.65. The Labute approximate surface area is 190 Å². The lowest BCUT2D eigenvalue weighted by Crippen LogP contribution is -2.54. The highest BCUT2D eigenvalue weighted by Gasteiger charge is 2.43. The van der Waals surface area contributed by atoms with Crippen LogP contribution >= 0.6 is 0 Å². The first-order valence-electron chi connectivity index (χ1n) is 11.3. The molecule has 2 amide bonds. The van der Waals surface area contributed by atoms with Gasteiger partial charge in [0.25, 0.3) is 0 Å². The van der Waals surface area contributed by atoms with E-state index in [0.29, 0.717) is 18.7 Å². The first kappa shape index (κ1) is 21.7. The van der Waals surface area contributed by atoms with E-state index in [1.807, 2.05) is 30.3 Å². The van der Waals surface area contributed by atoms with Crippen LogP contribution in [0.2, 0.25) is 0 Å². The Hall–Kier alpha value is -3.14. The largest absolute Gasteiger partial charge is 0.323 e. The van der Waals surface area contributed by atoms with E-state index in [0.717, 1.165) is 34.9 Å². The van der Waals surface area contributed by atoms with Crippen molar-refractivity contribution < 1.29 is 13.6 Å². The molecule has 2 aliphatic heterocycles. The lowest BCUT2D eigenvalue weighted by atomic mass is 9.97. The van der Waals surface area contributed by atoms with Gasteiger partial charge in [0.2, 0.25) is 0 Å². The molecule has 2 fully saturated rings. The summed E-state index contributed by atoms with van der Waals surface area (Å²) in [6, 6.07) is 3.00. The molecule has 5 heterocycles. The maximum atomic E-state index is 13.1. The number of nitrogens with one attached hydrogen (secondary N) is 2. The van der Waals surface area contributed by atoms with Crippen LogP contribution in [-0.2, 0) is 7.05 Å². The predicted octanol–water partition coefficient (Wildman–Crippen LogP) is 3.45. The zero-order chi connectivity index (χ0) is 22.9. The number of hydrogen-bond acceptors (Lipinski definition) is 5. The van der Waals surface area contributed by atoms with E-state index in [-0.39, 0.29) is 24.2 Å². The Morgan fingerprint density at radius 2 is 1.82 bits per heavy atom. The van der Waals surface area contributed by atoms with Gasteiger partial charge in [-0.25, -0.2) is 18.6 Å². The van der Waals surface area contributed by atoms with Crippen LogP contribution in [0.5, 0.6) is 0 Å². The zero-order valence-corrected chi connectivity index (χ0v) is 18.4. The summed E-state index contributed by atoms with van der Waals surface area (Å²) < 4.78 is 27.5. The van der Waals surface area contributed by atoms with E-state index in [1.54, 1.807) is 23.3 Å². The van der Waals surface area contributed by atoms with Gasteiger partial charge in [0.1, 0.15) is 19.2 Å². The summed E-state index contributed by atoms with van der Waals surface area (Å²) in [6.45, 7) is -1.45. The molecule has 0 spiro atoms. The Morgan fingerprint density at radius 3 is 2.48 bits per heavy atom. The number of pyridine rings is 2. The molecule has 5 rings (SSSR count). The molecular weight excluding hydrogens is 428 g/mol. The van der Waals surface area contributed by atoms with E-state index >= 15 is 0 Å². The van der Waals surface area contributed by atoms with Crippen molar-refractivity contribution in [3.05, 3.63) is 36.9 Å². The highest BCUT2D eigenvalue weighted by molar-refractivity contribution is 5.93. The summed E-state index contributed by atoms with van der Waals surface area (Å²) in [4.78, 5) is 23.9. The summed E-state index contributed by atoms with van der Waals surface area (Å²) in [5.74, 6) is 0.477. The number of carbonyl (C=O) groups is 1. The van der Waals surface area contributed by atoms with Gasteiger partial charge in [-0.1, -0.05) is 0 Å². The SMILES string of the molecule is Cn1cc(-c2cc3cc(NC(=O)N4[C@@H]5CC[C@H]4C[C@@H](NC(CF)CF)C5)ncc3cn2)cn1. The van der Waals surface area contributed by atoms with Gasteiger partial charge < -0.3 is 10.2 Å². The van der Waals surface area contributed by atoms with E-state index < -0.39 is 19.4 Å². The molecule has 2 bridgehead atoms. The number of anilines is 1. The summed E-state index contributed by atoms with van der Waals surface area (Å²) in [5.41, 5.74) is 1.71. The first-order valence-corrected chi connectivity index (χ1v) is 11.3. The second-order valence-electron chi connectivity index (χ2n) is 8.95. The van der Waals surface area contributed by atoms with Crippen LogP contribution in [0, 0.1) is 0 Å². The fraction of sp³-hybridized carbons (Fsp3) is 0.478. The molecule has 0 radical (unpaired) electrons. The first-order chi connectivity index (χ1) is 16.0. The van der Waals surface area contributed by atoms with E-state index in [1.165, 1.54) is 0 Å². The third-order valence-corrected chi connectivity index (χ3v) is 6.65. The van der Waals surface area contributed by atoms with Gasteiger partial charge in [-0.05, 0) is 43.2 Å². The second-order valence-corrected chi connectivity index (χ2v) is 8.95. The van der Waals surface area contributed by atoms with E-state index in [2.05, 4.69) is 25.7 Å². The average molecular weight is 456 g/mol. The Balaban J connectivity index is 1.29. The highest BCUT2D eigenvalue weighted by Crippen LogP contribution is 2.36. The topological polar surface area (TPSA) is 88.0 Å². The van der Waals surface area contributed by atoms with Crippen LogP contribution in [0.25, 0.3) is 22.0 Å². The Morgan fingerprint density at radius 1 is 1.09 bits per heavy atom. The lowest BCUT2D eigenvalue weighted by molar-refractivity contribution is 0.133. The van der Waals surface area contributed by atoms with Crippen LogP contribution in [0.1, 0.15) is 25.7 Å². The second kappa shape index (κ2) is 9.01. The number of aryl methyl sites for hydroxylation is 1. The molecule has 3 aromatic heterocycles. The number of hydrogen-bond donors (Lipinski definition) is 2. The van der Waals surface area contributed by atoms with Gasteiger partial charge in [-0.3, -0.25) is 15.0 Å². The number of piperidine rings is 1. The van der Waals surface area contributed by atoms with Gasteiger partial charge in [-0.2, -0.15) is 5.10 Å². The number of nitrogens with zero attached hydrogens (tertiary/aromatic N) is 5. The number of rotatable bonds is 6. The summed E-state index contributed by atoms with van der Waals surface area (Å²) in [5, 5.41) is 12.0. The molecule has 0 unspecified atom stereocenters. The smallest absolute Gasteiger partial charge is 0.318 e. The maximum Gasteiger partial charge on any atom is 0.323 e. The van der Waals surface area contributed by atoms with Crippen molar-refractivity contribution >= 4 is 22.6 Å². The Kier molecular flexibility index (Phi) is 5.92. The molecule has 0 saturated carbocycles. The van der Waals surface area contributed by atoms with Crippen molar-refractivity contribution in [3.63, 3.8) is 0 Å². The van der Waals surface area contributed by atoms with Gasteiger partial charge in [-0.15, -0.1) is 0 Å². The number of fused-ring (bicyclic) bond motifs is 3. The predicted molar refractivity (Wildman–Crippen MR) is 121 cm³/mol. The van der Waals surface area contributed by atoms with Crippen molar-refractivity contribution in [2.45, 2.75) is 49.9 Å². The van der Waals surface area contributed by atoms with Crippen molar-refractivity contribution in [2.24, 2.45) is 7.05 Å². The quantitative estimate of drug-likeness (QED) is 0.595. The van der Waals surface area contributed by atoms with Crippen molar-refractivity contribution in [3.8, 4) is 11.3 Å². The summed E-state index contributed by atoms with van der Waals surface area (Å²) in [7, 11) is 1.86. The van der Waals surface area contributed by atoms with Crippen molar-refractivity contribution in [1.29, 1.82) is 0 Å². The van der Waals surface area contributed by atoms with Crippen LogP contribution < -0.4 is 10.6 Å². The van der Waals surface area contributed by atoms with Gasteiger partial charge in [0.15, 0.2) is 0 Å². The maximum absolute atomic E-state index is 13.1. The summed E-state index contributed by atoms with van der Waals surface area (Å²) >= 11 is 0. The van der Waals surface area contributed by atoms with Gasteiger partial charge in [0.05, 0.1) is 17.9 Å². The van der Waals surface area contributed by atoms with Crippen LogP contribution in [-0.4, -0.2) is 68.2 Å². The van der Waals surface area contributed by atoms with Crippen LogP contribution in [0.3, 0.4) is 0 Å². The fourth-order valence-corrected chi connectivity index (χ4v) is 5.10. The lowest BCUT2D eigenvalue weighted by Gasteiger charge is -2.39. The molecule has 3 aromatic rings. The number of carbonyl (C=O) groups excluding carboxylic acids is 1. The number of amides is 2. The molecule has 10 heteroatoms. The standard InChI is InChI=1S/C23H27F2N7O/c1-31-13-16(12-28-31)21-4-14-5-22(27-11-15(14)10-26-21)30-23(33)32-19-2-3-20(32)7-17(6-19)29-18(8-24)9-25/h4-5,10-13,17-20,29H,2-3,6-9H2,1H3,(H,27,30,33)/t17-,19+,20-. The molecule has 0 aliphatic carbocycles. The zero-order valence-electron chi connectivity index (χ0n) is 18.4. The monoisotopic (exact) mass is 455 g/mol. The number of halogens is 2. The number of aromatic nitrogens is 4. The van der Waals surface area contributed by atoms with Crippen molar-refractivity contribution in [2.75, 3.05) is 18.7 Å². The minimum Gasteiger partial charge on any atom is -0.318 e. The highest BCUT2D eigenvalue weighted by atomic mass is 19.1. The van der Waals surface area contributed by atoms with Gasteiger partial charge >= 0.3 is 6.03 Å². The van der Waals surface area contributed by atoms with E-state index in [4.69, 9.17) is 0 Å². The molecule has 8 nitrogen and oxygen atoms in total. The molecular formula is C23H27F2N7O. The minimum atomic E-state index is -0.761. The fourth-order valence-electron chi connectivity index (χ4n) is 5.10. The van der Waals surface area contributed by atoms with Crippen LogP contribution in [0.4, 0.5) is 19.4 Å². The van der Waals surface area contributed by atoms with Crippen molar-refractivity contribution in [1.82, 2.24) is 30.0 Å². The molecule has 174 valence electrons. The molecule has 0 aromatic carbocycles. The molecule has 2 N–H and O–H groups in total. The van der Waals surface area contributed by atoms with Gasteiger partial charge in [0, 0.05) is 54.7 Å². The minimum absolute atomic E-state index is 0.0280. The molecule has 2 saturated heterocycles. The molecule has 2 aliphatic rings. The normalized spacial score (nSPS) is 22.3. The molecule has 33 heavy (non-hydrogen) atoms. The number of urea groups is 1. The molecule has 3 atom stereocenters.